The third kappa shape index (κ3) is 3.47. The lowest BCUT2D eigenvalue weighted by Crippen LogP contribution is -2.27. The summed E-state index contributed by atoms with van der Waals surface area (Å²) in [7, 11) is 0. The number of hydrogen-bond acceptors (Lipinski definition) is 2. The third-order valence-electron chi connectivity index (χ3n) is 3.73. The van der Waals surface area contributed by atoms with E-state index >= 15 is 0 Å². The van der Waals surface area contributed by atoms with Crippen LogP contribution in [0.15, 0.2) is 60.7 Å². The Hall–Kier alpha value is -1.64. The first kappa shape index (κ1) is 13.3. The second kappa shape index (κ2) is 6.69. The SMILES string of the molecule is c1ccc(COC2CCC(c3ccccc3)OC2)cc1. The van der Waals surface area contributed by atoms with Crippen molar-refractivity contribution in [3.63, 3.8) is 0 Å². The molecule has 1 aliphatic heterocycles. The van der Waals surface area contributed by atoms with Gasteiger partial charge < -0.3 is 9.47 Å². The van der Waals surface area contributed by atoms with Gasteiger partial charge in [-0.3, -0.25) is 0 Å². The molecule has 0 amide bonds. The highest BCUT2D eigenvalue weighted by atomic mass is 16.5. The summed E-state index contributed by atoms with van der Waals surface area (Å²) >= 11 is 0. The zero-order valence-corrected chi connectivity index (χ0v) is 11.6. The van der Waals surface area contributed by atoms with E-state index in [1.165, 1.54) is 11.1 Å². The Kier molecular flexibility index (Phi) is 4.46. The molecular formula is C18H20O2. The summed E-state index contributed by atoms with van der Waals surface area (Å²) in [5.41, 5.74) is 2.49. The van der Waals surface area contributed by atoms with Crippen LogP contribution in [0.1, 0.15) is 30.1 Å². The summed E-state index contributed by atoms with van der Waals surface area (Å²) in [6.45, 7) is 1.36. The van der Waals surface area contributed by atoms with Crippen molar-refractivity contribution in [2.24, 2.45) is 0 Å². The van der Waals surface area contributed by atoms with Crippen molar-refractivity contribution in [1.29, 1.82) is 0 Å². The van der Waals surface area contributed by atoms with Crippen LogP contribution in [0.5, 0.6) is 0 Å². The largest absolute Gasteiger partial charge is 0.371 e. The van der Waals surface area contributed by atoms with Gasteiger partial charge in [0.25, 0.3) is 0 Å². The third-order valence-corrected chi connectivity index (χ3v) is 3.73. The molecule has 2 aromatic rings. The summed E-state index contributed by atoms with van der Waals surface area (Å²) in [6.07, 6.45) is 2.54. The molecule has 2 unspecified atom stereocenters. The van der Waals surface area contributed by atoms with Crippen LogP contribution in [-0.4, -0.2) is 12.7 Å². The molecule has 0 spiro atoms. The lowest BCUT2D eigenvalue weighted by molar-refractivity contribution is -0.0920. The Balaban J connectivity index is 1.47. The molecule has 104 valence electrons. The van der Waals surface area contributed by atoms with Crippen molar-refractivity contribution in [1.82, 2.24) is 0 Å². The van der Waals surface area contributed by atoms with Gasteiger partial charge in [-0.15, -0.1) is 0 Å². The number of benzene rings is 2. The van der Waals surface area contributed by atoms with Gasteiger partial charge in [-0.1, -0.05) is 60.7 Å². The van der Waals surface area contributed by atoms with Gasteiger partial charge in [0.2, 0.25) is 0 Å². The van der Waals surface area contributed by atoms with Gasteiger partial charge >= 0.3 is 0 Å². The normalized spacial score (nSPS) is 22.6. The van der Waals surface area contributed by atoms with Gasteiger partial charge in [0.15, 0.2) is 0 Å². The van der Waals surface area contributed by atoms with Gasteiger partial charge in [-0.05, 0) is 24.0 Å². The van der Waals surface area contributed by atoms with E-state index in [2.05, 4.69) is 36.4 Å². The monoisotopic (exact) mass is 268 g/mol. The predicted octanol–water partition coefficient (Wildman–Crippen LogP) is 4.12. The zero-order valence-electron chi connectivity index (χ0n) is 11.6. The topological polar surface area (TPSA) is 18.5 Å². The van der Waals surface area contributed by atoms with Gasteiger partial charge in [0.1, 0.15) is 0 Å². The summed E-state index contributed by atoms with van der Waals surface area (Å²) < 4.78 is 11.9. The highest BCUT2D eigenvalue weighted by molar-refractivity contribution is 5.18. The first-order valence-electron chi connectivity index (χ1n) is 7.24. The molecule has 0 aromatic heterocycles. The summed E-state index contributed by atoms with van der Waals surface area (Å²) in [5, 5.41) is 0. The molecule has 3 rings (SSSR count). The molecule has 0 saturated carbocycles. The molecule has 1 fully saturated rings. The van der Waals surface area contributed by atoms with Crippen LogP contribution in [0.3, 0.4) is 0 Å². The van der Waals surface area contributed by atoms with E-state index < -0.39 is 0 Å². The van der Waals surface area contributed by atoms with Crippen LogP contribution in [0, 0.1) is 0 Å². The van der Waals surface area contributed by atoms with Crippen LogP contribution in [0.25, 0.3) is 0 Å². The summed E-state index contributed by atoms with van der Waals surface area (Å²) in [5.74, 6) is 0. The first-order chi connectivity index (χ1) is 9.92. The van der Waals surface area contributed by atoms with E-state index in [4.69, 9.17) is 9.47 Å². The highest BCUT2D eigenvalue weighted by Gasteiger charge is 2.23. The zero-order chi connectivity index (χ0) is 13.6. The van der Waals surface area contributed by atoms with Crippen molar-refractivity contribution in [3.05, 3.63) is 71.8 Å². The van der Waals surface area contributed by atoms with Crippen molar-refractivity contribution >= 4 is 0 Å². The van der Waals surface area contributed by atoms with E-state index in [0.717, 1.165) is 12.8 Å². The maximum absolute atomic E-state index is 5.94. The minimum Gasteiger partial charge on any atom is -0.371 e. The average Bonchev–Trinajstić information content (AvgIpc) is 2.55. The molecule has 0 bridgehead atoms. The molecular weight excluding hydrogens is 248 g/mol. The number of rotatable bonds is 4. The molecule has 0 aliphatic carbocycles. The molecule has 0 N–H and O–H groups in total. The standard InChI is InChI=1S/C18H20O2/c1-3-7-15(8-4-1)13-19-17-11-12-18(20-14-17)16-9-5-2-6-10-16/h1-10,17-18H,11-14H2. The molecule has 0 radical (unpaired) electrons. The summed E-state index contributed by atoms with van der Waals surface area (Å²) in [4.78, 5) is 0. The van der Waals surface area contributed by atoms with Gasteiger partial charge in [0.05, 0.1) is 25.4 Å². The van der Waals surface area contributed by atoms with E-state index in [1.807, 2.05) is 24.3 Å². The Morgan fingerprint density at radius 1 is 0.900 bits per heavy atom. The van der Waals surface area contributed by atoms with E-state index in [0.29, 0.717) is 13.2 Å². The number of hydrogen-bond donors (Lipinski definition) is 0. The molecule has 2 atom stereocenters. The Bertz CT molecular complexity index is 501. The van der Waals surface area contributed by atoms with E-state index in [9.17, 15) is 0 Å². The fourth-order valence-corrected chi connectivity index (χ4v) is 2.58. The molecule has 2 heteroatoms. The van der Waals surface area contributed by atoms with E-state index in [1.54, 1.807) is 0 Å². The lowest BCUT2D eigenvalue weighted by atomic mass is 10.0. The fourth-order valence-electron chi connectivity index (χ4n) is 2.58. The van der Waals surface area contributed by atoms with E-state index in [-0.39, 0.29) is 12.2 Å². The Morgan fingerprint density at radius 3 is 2.25 bits per heavy atom. The molecule has 2 nitrogen and oxygen atoms in total. The fraction of sp³-hybridized carbons (Fsp3) is 0.333. The maximum Gasteiger partial charge on any atom is 0.0827 e. The van der Waals surface area contributed by atoms with Crippen molar-refractivity contribution in [2.45, 2.75) is 31.7 Å². The molecule has 1 aliphatic rings. The second-order valence-electron chi connectivity index (χ2n) is 5.23. The van der Waals surface area contributed by atoms with Crippen LogP contribution >= 0.6 is 0 Å². The first-order valence-corrected chi connectivity index (χ1v) is 7.24. The van der Waals surface area contributed by atoms with Crippen molar-refractivity contribution < 1.29 is 9.47 Å². The predicted molar refractivity (Wildman–Crippen MR) is 79.4 cm³/mol. The summed E-state index contributed by atoms with van der Waals surface area (Å²) in [6, 6.07) is 20.7. The van der Waals surface area contributed by atoms with Gasteiger partial charge in [-0.2, -0.15) is 0 Å². The molecule has 20 heavy (non-hydrogen) atoms. The van der Waals surface area contributed by atoms with Crippen molar-refractivity contribution in [3.8, 4) is 0 Å². The quantitative estimate of drug-likeness (QED) is 0.830. The minimum absolute atomic E-state index is 0.218. The molecule has 1 heterocycles. The van der Waals surface area contributed by atoms with Crippen LogP contribution in [0.4, 0.5) is 0 Å². The van der Waals surface area contributed by atoms with Gasteiger partial charge in [-0.25, -0.2) is 0 Å². The average molecular weight is 268 g/mol. The minimum atomic E-state index is 0.218. The van der Waals surface area contributed by atoms with Crippen molar-refractivity contribution in [2.75, 3.05) is 6.61 Å². The Morgan fingerprint density at radius 2 is 1.60 bits per heavy atom. The van der Waals surface area contributed by atoms with Crippen LogP contribution < -0.4 is 0 Å². The maximum atomic E-state index is 5.94. The Labute approximate surface area is 120 Å². The van der Waals surface area contributed by atoms with Gasteiger partial charge in [0, 0.05) is 0 Å². The molecule has 1 saturated heterocycles. The van der Waals surface area contributed by atoms with Crippen LogP contribution in [-0.2, 0) is 16.1 Å². The lowest BCUT2D eigenvalue weighted by Gasteiger charge is -2.29. The second-order valence-corrected chi connectivity index (χ2v) is 5.23. The highest BCUT2D eigenvalue weighted by Crippen LogP contribution is 2.29. The number of ether oxygens (including phenoxy) is 2. The smallest absolute Gasteiger partial charge is 0.0827 e. The molecule has 2 aromatic carbocycles. The van der Waals surface area contributed by atoms with Crippen LogP contribution in [0.2, 0.25) is 0 Å².